The monoisotopic (exact) mass is 473 g/mol. The molecule has 2 aromatic rings. The average molecular weight is 473 g/mol. The summed E-state index contributed by atoms with van der Waals surface area (Å²) in [6.07, 6.45) is 1.17. The average Bonchev–Trinajstić information content (AvgIpc) is 3.11. The molecule has 2 aromatic carbocycles. The number of hydrogen-bond donors (Lipinski definition) is 2. The standard InChI is InChI=1S/C23H28BNO7S/c1-14(2)21(23(27)31-11-16-5-7-17(8-6-16)13-33(4,29)30)25-22(26)19-10-9-18-12-32-24(28)20(18)15(19)3/h5-10,14,21,28H,11-13H2,1-4H3,(H,25,26)/t21-/m0/s1. The van der Waals surface area contributed by atoms with Gasteiger partial charge in [-0.05, 0) is 46.6 Å². The van der Waals surface area contributed by atoms with E-state index in [0.717, 1.165) is 5.56 Å². The second-order valence-corrected chi connectivity index (χ2v) is 10.8. The summed E-state index contributed by atoms with van der Waals surface area (Å²) in [5.41, 5.74) is 3.75. The molecule has 3 rings (SSSR count). The van der Waals surface area contributed by atoms with Crippen LogP contribution in [0.4, 0.5) is 0 Å². The Morgan fingerprint density at radius 2 is 1.79 bits per heavy atom. The van der Waals surface area contributed by atoms with Gasteiger partial charge in [-0.3, -0.25) is 4.79 Å². The topological polar surface area (TPSA) is 119 Å². The lowest BCUT2D eigenvalue weighted by atomic mass is 9.75. The summed E-state index contributed by atoms with van der Waals surface area (Å²) in [5, 5.41) is 12.8. The van der Waals surface area contributed by atoms with Gasteiger partial charge in [0.05, 0.1) is 12.4 Å². The molecule has 0 aromatic heterocycles. The normalized spacial score (nSPS) is 14.2. The van der Waals surface area contributed by atoms with Crippen LogP contribution >= 0.6 is 0 Å². The molecular weight excluding hydrogens is 445 g/mol. The molecule has 0 fully saturated rings. The molecule has 0 aliphatic carbocycles. The number of amides is 1. The minimum absolute atomic E-state index is 0.00151. The molecule has 0 bridgehead atoms. The maximum Gasteiger partial charge on any atom is 0.492 e. The Morgan fingerprint density at radius 3 is 2.39 bits per heavy atom. The zero-order valence-electron chi connectivity index (χ0n) is 19.1. The molecule has 0 saturated carbocycles. The molecule has 1 aliphatic heterocycles. The van der Waals surface area contributed by atoms with Crippen LogP contribution in [0.2, 0.25) is 0 Å². The first kappa shape index (κ1) is 24.9. The Morgan fingerprint density at radius 1 is 1.15 bits per heavy atom. The molecule has 0 spiro atoms. The van der Waals surface area contributed by atoms with Gasteiger partial charge < -0.3 is 19.7 Å². The molecule has 0 radical (unpaired) electrons. The predicted octanol–water partition coefficient (Wildman–Crippen LogP) is 1.26. The van der Waals surface area contributed by atoms with Gasteiger partial charge in [-0.1, -0.05) is 44.2 Å². The van der Waals surface area contributed by atoms with Crippen molar-refractivity contribution in [3.63, 3.8) is 0 Å². The Labute approximate surface area is 194 Å². The van der Waals surface area contributed by atoms with E-state index < -0.39 is 34.9 Å². The lowest BCUT2D eigenvalue weighted by Crippen LogP contribution is -2.46. The van der Waals surface area contributed by atoms with E-state index in [1.807, 2.05) is 0 Å². The number of hydrogen-bond acceptors (Lipinski definition) is 7. The maximum atomic E-state index is 12.9. The van der Waals surface area contributed by atoms with E-state index in [4.69, 9.17) is 9.39 Å². The van der Waals surface area contributed by atoms with Crippen molar-refractivity contribution in [1.29, 1.82) is 0 Å². The van der Waals surface area contributed by atoms with Gasteiger partial charge in [-0.15, -0.1) is 0 Å². The predicted molar refractivity (Wildman–Crippen MR) is 124 cm³/mol. The van der Waals surface area contributed by atoms with E-state index >= 15 is 0 Å². The molecule has 2 N–H and O–H groups in total. The maximum absolute atomic E-state index is 12.9. The molecule has 1 aliphatic rings. The highest BCUT2D eigenvalue weighted by Crippen LogP contribution is 2.17. The number of benzene rings is 2. The molecule has 33 heavy (non-hydrogen) atoms. The van der Waals surface area contributed by atoms with Crippen molar-refractivity contribution in [3.8, 4) is 0 Å². The third-order valence-corrected chi connectivity index (χ3v) is 6.39. The van der Waals surface area contributed by atoms with E-state index in [9.17, 15) is 23.0 Å². The number of carbonyl (C=O) groups excluding carboxylic acids is 2. The lowest BCUT2D eigenvalue weighted by Gasteiger charge is -2.22. The van der Waals surface area contributed by atoms with Gasteiger partial charge >= 0.3 is 13.1 Å². The fraction of sp³-hybridized carbons (Fsp3) is 0.391. The number of sulfone groups is 1. The first-order valence-corrected chi connectivity index (χ1v) is 12.7. The Kier molecular flexibility index (Phi) is 7.61. The number of carbonyl (C=O) groups is 2. The minimum Gasteiger partial charge on any atom is -0.459 e. The van der Waals surface area contributed by atoms with Crippen molar-refractivity contribution < 1.29 is 32.4 Å². The van der Waals surface area contributed by atoms with Crippen molar-refractivity contribution in [1.82, 2.24) is 5.32 Å². The Balaban J connectivity index is 1.65. The Hall–Kier alpha value is -2.69. The summed E-state index contributed by atoms with van der Waals surface area (Å²) in [6.45, 7) is 5.63. The molecule has 1 amide bonds. The quantitative estimate of drug-likeness (QED) is 0.438. The van der Waals surface area contributed by atoms with Gasteiger partial charge in [0.2, 0.25) is 0 Å². The summed E-state index contributed by atoms with van der Waals surface area (Å²) < 4.78 is 33.4. The number of ether oxygens (including phenoxy) is 1. The molecule has 1 atom stereocenters. The summed E-state index contributed by atoms with van der Waals surface area (Å²) in [6, 6.07) is 9.31. The number of nitrogens with one attached hydrogen (secondary N) is 1. The van der Waals surface area contributed by atoms with E-state index in [-0.39, 0.29) is 24.9 Å². The van der Waals surface area contributed by atoms with Crippen molar-refractivity contribution in [2.24, 2.45) is 5.92 Å². The molecule has 0 unspecified atom stereocenters. The van der Waals surface area contributed by atoms with Gasteiger partial charge in [0.25, 0.3) is 5.91 Å². The van der Waals surface area contributed by atoms with Gasteiger partial charge in [0, 0.05) is 11.8 Å². The van der Waals surface area contributed by atoms with Gasteiger partial charge in [0.15, 0.2) is 9.84 Å². The molecule has 8 nitrogen and oxygen atoms in total. The third-order valence-electron chi connectivity index (χ3n) is 5.53. The summed E-state index contributed by atoms with van der Waals surface area (Å²) in [4.78, 5) is 25.7. The van der Waals surface area contributed by atoms with Crippen LogP contribution in [0.5, 0.6) is 0 Å². The molecule has 10 heteroatoms. The summed E-state index contributed by atoms with van der Waals surface area (Å²) in [5.74, 6) is -1.28. The van der Waals surface area contributed by atoms with Crippen LogP contribution in [-0.2, 0) is 43.0 Å². The van der Waals surface area contributed by atoms with Crippen LogP contribution < -0.4 is 10.8 Å². The van der Waals surface area contributed by atoms with Crippen molar-refractivity contribution in [2.75, 3.05) is 6.26 Å². The van der Waals surface area contributed by atoms with E-state index in [1.165, 1.54) is 6.26 Å². The van der Waals surface area contributed by atoms with Crippen LogP contribution in [-0.4, -0.2) is 44.7 Å². The minimum atomic E-state index is -3.13. The van der Waals surface area contributed by atoms with E-state index in [1.54, 1.807) is 57.2 Å². The zero-order valence-corrected chi connectivity index (χ0v) is 19.9. The van der Waals surface area contributed by atoms with E-state index in [0.29, 0.717) is 27.7 Å². The molecular formula is C23H28BNO7S. The largest absolute Gasteiger partial charge is 0.492 e. The fourth-order valence-corrected chi connectivity index (χ4v) is 4.55. The highest BCUT2D eigenvalue weighted by atomic mass is 32.2. The fourth-order valence-electron chi connectivity index (χ4n) is 3.75. The summed E-state index contributed by atoms with van der Waals surface area (Å²) in [7, 11) is -4.19. The van der Waals surface area contributed by atoms with Crippen LogP contribution in [0.1, 0.15) is 46.5 Å². The van der Waals surface area contributed by atoms with Crippen molar-refractivity contribution in [2.45, 2.75) is 45.8 Å². The Bertz CT molecular complexity index is 1150. The first-order valence-electron chi connectivity index (χ1n) is 10.6. The second-order valence-electron chi connectivity index (χ2n) is 8.66. The van der Waals surface area contributed by atoms with Crippen molar-refractivity contribution in [3.05, 3.63) is 64.2 Å². The number of rotatable bonds is 8. The number of esters is 1. The zero-order chi connectivity index (χ0) is 24.3. The third kappa shape index (κ3) is 6.22. The van der Waals surface area contributed by atoms with Crippen LogP contribution in [0, 0.1) is 12.8 Å². The van der Waals surface area contributed by atoms with Crippen molar-refractivity contribution >= 4 is 34.3 Å². The number of fused-ring (bicyclic) bond motifs is 1. The van der Waals surface area contributed by atoms with Gasteiger partial charge in [0.1, 0.15) is 12.6 Å². The van der Waals surface area contributed by atoms with Crippen LogP contribution in [0.3, 0.4) is 0 Å². The molecule has 1 heterocycles. The second kappa shape index (κ2) is 10.1. The molecule has 0 saturated heterocycles. The van der Waals surface area contributed by atoms with Crippen LogP contribution in [0.25, 0.3) is 0 Å². The summed E-state index contributed by atoms with van der Waals surface area (Å²) >= 11 is 0. The van der Waals surface area contributed by atoms with E-state index in [2.05, 4.69) is 5.32 Å². The SMILES string of the molecule is Cc1c(C(=O)N[C@H](C(=O)OCc2ccc(CS(C)(=O)=O)cc2)C(C)C)ccc2c1B(O)OC2. The highest BCUT2D eigenvalue weighted by Gasteiger charge is 2.32. The smallest absolute Gasteiger partial charge is 0.459 e. The van der Waals surface area contributed by atoms with Gasteiger partial charge in [-0.25, -0.2) is 13.2 Å². The highest BCUT2D eigenvalue weighted by molar-refractivity contribution is 7.89. The molecule has 176 valence electrons. The van der Waals surface area contributed by atoms with Crippen LogP contribution in [0.15, 0.2) is 36.4 Å². The first-order chi connectivity index (χ1) is 15.5. The lowest BCUT2D eigenvalue weighted by molar-refractivity contribution is -0.148. The van der Waals surface area contributed by atoms with Gasteiger partial charge in [-0.2, -0.15) is 0 Å².